The summed E-state index contributed by atoms with van der Waals surface area (Å²) in [4.78, 5) is 4.75. The minimum absolute atomic E-state index is 0.0261. The van der Waals surface area contributed by atoms with E-state index in [1.807, 2.05) is 6.07 Å². The number of aromatic nitrogens is 2. The van der Waals surface area contributed by atoms with E-state index < -0.39 is 0 Å². The molecule has 0 aliphatic rings. The highest BCUT2D eigenvalue weighted by Gasteiger charge is 2.14. The summed E-state index contributed by atoms with van der Waals surface area (Å²) >= 11 is 2.32. The molecule has 0 radical (unpaired) electrons. The van der Waals surface area contributed by atoms with Crippen LogP contribution in [0.15, 0.2) is 48.5 Å². The molecule has 2 aromatic carbocycles. The van der Waals surface area contributed by atoms with Crippen LogP contribution < -0.4 is 5.73 Å². The molecule has 0 saturated carbocycles. The Kier molecular flexibility index (Phi) is 4.26. The van der Waals surface area contributed by atoms with Crippen LogP contribution in [0.1, 0.15) is 24.4 Å². The molecule has 1 atom stereocenters. The lowest BCUT2D eigenvalue weighted by molar-refractivity contribution is 0.637. The highest BCUT2D eigenvalue weighted by molar-refractivity contribution is 14.1. The summed E-state index contributed by atoms with van der Waals surface area (Å²) in [5, 5.41) is 0. The zero-order valence-corrected chi connectivity index (χ0v) is 14.1. The molecule has 3 rings (SSSR count). The van der Waals surface area contributed by atoms with Crippen LogP contribution in [0.5, 0.6) is 0 Å². The molecule has 3 aromatic rings. The van der Waals surface area contributed by atoms with Crippen LogP contribution in [0.25, 0.3) is 11.0 Å². The minimum atomic E-state index is -0.0261. The number of aryl methyl sites for hydroxylation is 1. The van der Waals surface area contributed by atoms with Gasteiger partial charge in [-0.1, -0.05) is 24.3 Å². The van der Waals surface area contributed by atoms with Crippen molar-refractivity contribution < 1.29 is 0 Å². The van der Waals surface area contributed by atoms with Gasteiger partial charge in [-0.15, -0.1) is 0 Å². The number of hydrogen-bond donors (Lipinski definition) is 1. The molecule has 0 saturated heterocycles. The third kappa shape index (κ3) is 2.96. The first kappa shape index (κ1) is 14.5. The molecule has 1 heterocycles. The van der Waals surface area contributed by atoms with E-state index in [9.17, 15) is 0 Å². The van der Waals surface area contributed by atoms with Crippen LogP contribution in [-0.4, -0.2) is 9.55 Å². The molecule has 2 N–H and O–H groups in total. The van der Waals surface area contributed by atoms with Gasteiger partial charge in [0.25, 0.3) is 0 Å². The summed E-state index contributed by atoms with van der Waals surface area (Å²) in [6.07, 6.45) is 0.753. The van der Waals surface area contributed by atoms with Gasteiger partial charge in [-0.3, -0.25) is 0 Å². The summed E-state index contributed by atoms with van der Waals surface area (Å²) in [7, 11) is 0. The molecule has 0 spiro atoms. The summed E-state index contributed by atoms with van der Waals surface area (Å²) < 4.78 is 3.47. The Balaban J connectivity index is 1.94. The summed E-state index contributed by atoms with van der Waals surface area (Å²) in [5.41, 5.74) is 9.78. The van der Waals surface area contributed by atoms with Gasteiger partial charge < -0.3 is 10.3 Å². The van der Waals surface area contributed by atoms with Crippen molar-refractivity contribution in [2.45, 2.75) is 25.9 Å². The monoisotopic (exact) mass is 391 g/mol. The second kappa shape index (κ2) is 6.15. The van der Waals surface area contributed by atoms with Crippen molar-refractivity contribution in [2.24, 2.45) is 5.73 Å². The molecule has 0 bridgehead atoms. The van der Waals surface area contributed by atoms with Crippen molar-refractivity contribution in [2.75, 3.05) is 0 Å². The fourth-order valence-corrected chi connectivity index (χ4v) is 3.25. The van der Waals surface area contributed by atoms with E-state index in [4.69, 9.17) is 10.7 Å². The Hall–Kier alpha value is -1.40. The lowest BCUT2D eigenvalue weighted by Crippen LogP contribution is -2.16. The number of imidazole rings is 1. The molecular formula is C17H18IN3. The molecule has 0 aliphatic heterocycles. The molecule has 1 unspecified atom stereocenters. The smallest absolute Gasteiger partial charge is 0.111 e. The molecule has 4 heteroatoms. The predicted molar refractivity (Wildman–Crippen MR) is 95.2 cm³/mol. The van der Waals surface area contributed by atoms with Crippen molar-refractivity contribution in [1.29, 1.82) is 0 Å². The van der Waals surface area contributed by atoms with Gasteiger partial charge in [0.1, 0.15) is 5.82 Å². The zero-order chi connectivity index (χ0) is 14.8. The van der Waals surface area contributed by atoms with Gasteiger partial charge in [-0.05, 0) is 59.3 Å². The topological polar surface area (TPSA) is 43.8 Å². The Morgan fingerprint density at radius 2 is 2.00 bits per heavy atom. The van der Waals surface area contributed by atoms with E-state index in [0.717, 1.165) is 29.9 Å². The van der Waals surface area contributed by atoms with Crippen LogP contribution in [0.3, 0.4) is 0 Å². The van der Waals surface area contributed by atoms with Crippen molar-refractivity contribution in [3.63, 3.8) is 0 Å². The van der Waals surface area contributed by atoms with Gasteiger partial charge in [0.2, 0.25) is 0 Å². The summed E-state index contributed by atoms with van der Waals surface area (Å²) in [6, 6.07) is 16.6. The fraction of sp³-hybridized carbons (Fsp3) is 0.235. The Labute approximate surface area is 138 Å². The van der Waals surface area contributed by atoms with Gasteiger partial charge in [0.05, 0.1) is 11.0 Å². The third-order valence-electron chi connectivity index (χ3n) is 3.73. The second-order valence-corrected chi connectivity index (χ2v) is 6.37. The second-order valence-electron chi connectivity index (χ2n) is 5.13. The van der Waals surface area contributed by atoms with E-state index in [0.29, 0.717) is 0 Å². The van der Waals surface area contributed by atoms with Gasteiger partial charge in [-0.25, -0.2) is 4.98 Å². The standard InChI is InChI=1S/C17H18IN3/c1-2-21-16-9-4-3-8-15(16)20-17(21)11-14(19)12-6-5-7-13(18)10-12/h3-10,14H,2,11,19H2,1H3. The van der Waals surface area contributed by atoms with Gasteiger partial charge in [0, 0.05) is 22.6 Å². The first-order chi connectivity index (χ1) is 10.2. The quantitative estimate of drug-likeness (QED) is 0.686. The van der Waals surface area contributed by atoms with E-state index in [2.05, 4.69) is 76.5 Å². The van der Waals surface area contributed by atoms with Gasteiger partial charge >= 0.3 is 0 Å². The van der Waals surface area contributed by atoms with E-state index in [1.165, 1.54) is 9.09 Å². The van der Waals surface area contributed by atoms with Crippen LogP contribution in [-0.2, 0) is 13.0 Å². The molecule has 21 heavy (non-hydrogen) atoms. The molecule has 3 nitrogen and oxygen atoms in total. The number of nitrogens with zero attached hydrogens (tertiary/aromatic N) is 2. The van der Waals surface area contributed by atoms with Crippen molar-refractivity contribution in [3.05, 3.63) is 63.5 Å². The zero-order valence-electron chi connectivity index (χ0n) is 12.0. The molecular weight excluding hydrogens is 373 g/mol. The SMILES string of the molecule is CCn1c(CC(N)c2cccc(I)c2)nc2ccccc21. The lowest BCUT2D eigenvalue weighted by Gasteiger charge is -2.13. The van der Waals surface area contributed by atoms with E-state index in [-0.39, 0.29) is 6.04 Å². The number of hydrogen-bond acceptors (Lipinski definition) is 2. The first-order valence-corrected chi connectivity index (χ1v) is 8.22. The summed E-state index contributed by atoms with van der Waals surface area (Å²) in [5.74, 6) is 1.06. The number of halogens is 1. The van der Waals surface area contributed by atoms with E-state index in [1.54, 1.807) is 0 Å². The highest BCUT2D eigenvalue weighted by Crippen LogP contribution is 2.21. The number of rotatable bonds is 4. The molecule has 0 amide bonds. The van der Waals surface area contributed by atoms with Crippen molar-refractivity contribution in [1.82, 2.24) is 9.55 Å². The van der Waals surface area contributed by atoms with Crippen molar-refractivity contribution >= 4 is 33.6 Å². The fourth-order valence-electron chi connectivity index (χ4n) is 2.69. The Morgan fingerprint density at radius 1 is 1.19 bits per heavy atom. The largest absolute Gasteiger partial charge is 0.328 e. The maximum atomic E-state index is 6.38. The van der Waals surface area contributed by atoms with Gasteiger partial charge in [0.15, 0.2) is 0 Å². The van der Waals surface area contributed by atoms with Crippen LogP contribution in [0.4, 0.5) is 0 Å². The maximum Gasteiger partial charge on any atom is 0.111 e. The molecule has 0 fully saturated rings. The molecule has 108 valence electrons. The summed E-state index contributed by atoms with van der Waals surface area (Å²) in [6.45, 7) is 3.06. The first-order valence-electron chi connectivity index (χ1n) is 7.14. The Bertz CT molecular complexity index is 764. The number of para-hydroxylation sites is 2. The molecule has 1 aromatic heterocycles. The predicted octanol–water partition coefficient (Wildman–Crippen LogP) is 3.90. The average molecular weight is 391 g/mol. The number of benzene rings is 2. The number of fused-ring (bicyclic) bond motifs is 1. The maximum absolute atomic E-state index is 6.38. The van der Waals surface area contributed by atoms with Gasteiger partial charge in [-0.2, -0.15) is 0 Å². The van der Waals surface area contributed by atoms with Crippen LogP contribution in [0.2, 0.25) is 0 Å². The van der Waals surface area contributed by atoms with Crippen LogP contribution in [0, 0.1) is 3.57 Å². The third-order valence-corrected chi connectivity index (χ3v) is 4.40. The molecule has 0 aliphatic carbocycles. The minimum Gasteiger partial charge on any atom is -0.328 e. The average Bonchev–Trinajstić information content (AvgIpc) is 2.84. The number of nitrogens with two attached hydrogens (primary N) is 1. The highest BCUT2D eigenvalue weighted by atomic mass is 127. The lowest BCUT2D eigenvalue weighted by atomic mass is 10.0. The van der Waals surface area contributed by atoms with Crippen molar-refractivity contribution in [3.8, 4) is 0 Å². The van der Waals surface area contributed by atoms with E-state index >= 15 is 0 Å². The Morgan fingerprint density at radius 3 is 2.76 bits per heavy atom. The van der Waals surface area contributed by atoms with Crippen LogP contribution >= 0.6 is 22.6 Å². The normalized spacial score (nSPS) is 12.7.